The maximum Gasteiger partial charge on any atom is 0.296 e. The minimum absolute atomic E-state index is 0.0923. The predicted molar refractivity (Wildman–Crippen MR) is 129 cm³/mol. The van der Waals surface area contributed by atoms with Crippen LogP contribution >= 0.6 is 11.6 Å². The molecule has 0 saturated carbocycles. The number of nitrogens with zero attached hydrogens (tertiary/aromatic N) is 4. The molecular formula is C25H20ClN5O2. The Morgan fingerprint density at radius 1 is 0.970 bits per heavy atom. The number of amides is 1. The van der Waals surface area contributed by atoms with Gasteiger partial charge in [-0.15, -0.1) is 5.10 Å². The number of aromatic nitrogens is 4. The second-order valence-electron chi connectivity index (χ2n) is 8.00. The van der Waals surface area contributed by atoms with Gasteiger partial charge < -0.3 is 5.32 Å². The topological polar surface area (TPSA) is 81.3 Å². The summed E-state index contributed by atoms with van der Waals surface area (Å²) in [6.45, 7) is 4.37. The lowest BCUT2D eigenvalue weighted by Gasteiger charge is -2.12. The highest BCUT2D eigenvalue weighted by Crippen LogP contribution is 2.19. The predicted octanol–water partition coefficient (Wildman–Crippen LogP) is 4.62. The Kier molecular flexibility index (Phi) is 5.18. The van der Waals surface area contributed by atoms with Crippen molar-refractivity contribution in [2.24, 2.45) is 0 Å². The summed E-state index contributed by atoms with van der Waals surface area (Å²) in [5.41, 5.74) is 4.86. The van der Waals surface area contributed by atoms with E-state index in [0.29, 0.717) is 22.8 Å². The smallest absolute Gasteiger partial charge is 0.296 e. The van der Waals surface area contributed by atoms with Crippen molar-refractivity contribution >= 4 is 39.9 Å². The van der Waals surface area contributed by atoms with Crippen molar-refractivity contribution in [1.29, 1.82) is 0 Å². The molecule has 8 heteroatoms. The van der Waals surface area contributed by atoms with Crippen LogP contribution in [0.4, 0.5) is 5.69 Å². The molecule has 0 bridgehead atoms. The second kappa shape index (κ2) is 8.18. The molecule has 2 aromatic heterocycles. The normalized spacial score (nSPS) is 11.2. The molecule has 0 aliphatic carbocycles. The molecule has 1 N–H and O–H groups in total. The summed E-state index contributed by atoms with van der Waals surface area (Å²) < 4.78 is 3.12. The van der Waals surface area contributed by atoms with Crippen LogP contribution in [-0.2, 0) is 6.54 Å². The van der Waals surface area contributed by atoms with E-state index < -0.39 is 5.91 Å². The highest BCUT2D eigenvalue weighted by Gasteiger charge is 2.19. The number of rotatable bonds is 4. The van der Waals surface area contributed by atoms with Gasteiger partial charge in [0.15, 0.2) is 0 Å². The van der Waals surface area contributed by atoms with Crippen LogP contribution in [0.25, 0.3) is 16.7 Å². The molecule has 33 heavy (non-hydrogen) atoms. The Morgan fingerprint density at radius 3 is 2.48 bits per heavy atom. The fourth-order valence-electron chi connectivity index (χ4n) is 3.76. The Hall–Kier alpha value is -3.97. The second-order valence-corrected chi connectivity index (χ2v) is 8.44. The maximum absolute atomic E-state index is 13.5. The van der Waals surface area contributed by atoms with Gasteiger partial charge in [0.05, 0.1) is 17.6 Å². The molecule has 0 atom stereocenters. The lowest BCUT2D eigenvalue weighted by molar-refractivity contribution is 0.101. The molecule has 5 aromatic rings. The molecule has 0 aliphatic heterocycles. The third kappa shape index (κ3) is 3.99. The molecule has 5 rings (SSSR count). The van der Waals surface area contributed by atoms with Crippen LogP contribution < -0.4 is 10.9 Å². The Bertz CT molecular complexity index is 1590. The van der Waals surface area contributed by atoms with E-state index >= 15 is 0 Å². The molecule has 0 unspecified atom stereocenters. The van der Waals surface area contributed by atoms with Crippen molar-refractivity contribution in [3.63, 3.8) is 0 Å². The molecule has 0 fully saturated rings. The third-order valence-electron chi connectivity index (χ3n) is 5.44. The van der Waals surface area contributed by atoms with E-state index in [2.05, 4.69) is 15.4 Å². The van der Waals surface area contributed by atoms with Gasteiger partial charge in [0.1, 0.15) is 0 Å². The number of benzene rings is 3. The molecule has 0 radical (unpaired) electrons. The fourth-order valence-corrected chi connectivity index (χ4v) is 3.95. The lowest BCUT2D eigenvalue weighted by Crippen LogP contribution is -2.24. The highest BCUT2D eigenvalue weighted by molar-refractivity contribution is 6.30. The minimum atomic E-state index is -0.522. The number of halogens is 1. The highest BCUT2D eigenvalue weighted by atomic mass is 35.5. The van der Waals surface area contributed by atoms with E-state index in [4.69, 9.17) is 11.6 Å². The van der Waals surface area contributed by atoms with Gasteiger partial charge in [-0.2, -0.15) is 4.98 Å². The zero-order valence-corrected chi connectivity index (χ0v) is 18.8. The summed E-state index contributed by atoms with van der Waals surface area (Å²) >= 11 is 6.00. The molecule has 7 nitrogen and oxygen atoms in total. The van der Waals surface area contributed by atoms with Crippen LogP contribution in [0, 0.1) is 13.8 Å². The maximum atomic E-state index is 13.5. The standard InChI is InChI=1S/C25H20ClN5O2/c1-15-6-9-17(10-7-15)14-30-21-12-16(2)8-11-20(21)31-23(25(30)33)28-22(29-31)24(32)27-19-5-3-4-18(26)13-19/h3-13H,14H2,1-2H3,(H,27,32). The van der Waals surface area contributed by atoms with Crippen LogP contribution in [-0.4, -0.2) is 25.1 Å². The van der Waals surface area contributed by atoms with Crippen molar-refractivity contribution in [2.45, 2.75) is 20.4 Å². The largest absolute Gasteiger partial charge is 0.319 e. The summed E-state index contributed by atoms with van der Waals surface area (Å²) in [7, 11) is 0. The Balaban J connectivity index is 1.64. The van der Waals surface area contributed by atoms with Gasteiger partial charge >= 0.3 is 0 Å². The van der Waals surface area contributed by atoms with Crippen molar-refractivity contribution in [3.8, 4) is 0 Å². The molecule has 1 amide bonds. The van der Waals surface area contributed by atoms with Crippen LogP contribution in [0.5, 0.6) is 0 Å². The van der Waals surface area contributed by atoms with Crippen LogP contribution in [0.15, 0.2) is 71.5 Å². The lowest BCUT2D eigenvalue weighted by atomic mass is 10.1. The zero-order valence-electron chi connectivity index (χ0n) is 18.0. The molecule has 3 aromatic carbocycles. The van der Waals surface area contributed by atoms with Gasteiger partial charge in [0.2, 0.25) is 11.5 Å². The first-order valence-corrected chi connectivity index (χ1v) is 10.8. The Labute approximate surface area is 194 Å². The van der Waals surface area contributed by atoms with Crippen molar-refractivity contribution in [1.82, 2.24) is 19.2 Å². The van der Waals surface area contributed by atoms with E-state index in [1.54, 1.807) is 28.8 Å². The minimum Gasteiger partial charge on any atom is -0.319 e. The van der Waals surface area contributed by atoms with E-state index in [1.165, 1.54) is 4.52 Å². The van der Waals surface area contributed by atoms with Gasteiger partial charge in [0.25, 0.3) is 11.5 Å². The number of carbonyl (C=O) groups is 1. The van der Waals surface area contributed by atoms with Crippen molar-refractivity contribution in [2.75, 3.05) is 5.32 Å². The molecule has 164 valence electrons. The molecule has 2 heterocycles. The first-order chi connectivity index (χ1) is 15.9. The molecule has 0 aliphatic rings. The van der Waals surface area contributed by atoms with Gasteiger partial charge in [-0.3, -0.25) is 14.2 Å². The molecule has 0 saturated heterocycles. The van der Waals surface area contributed by atoms with Crippen LogP contribution in [0.1, 0.15) is 27.3 Å². The average molecular weight is 458 g/mol. The zero-order chi connectivity index (χ0) is 23.1. The summed E-state index contributed by atoms with van der Waals surface area (Å²) in [4.78, 5) is 30.6. The van der Waals surface area contributed by atoms with Crippen LogP contribution in [0.3, 0.4) is 0 Å². The summed E-state index contributed by atoms with van der Waals surface area (Å²) in [6.07, 6.45) is 0. The quantitative estimate of drug-likeness (QED) is 0.427. The molecule has 0 spiro atoms. The first-order valence-electron chi connectivity index (χ1n) is 10.4. The summed E-state index contributed by atoms with van der Waals surface area (Å²) in [6, 6.07) is 20.6. The van der Waals surface area contributed by atoms with E-state index in [-0.39, 0.29) is 17.0 Å². The number of nitrogens with one attached hydrogen (secondary N) is 1. The number of carbonyl (C=O) groups excluding carboxylic acids is 1. The van der Waals surface area contributed by atoms with E-state index in [1.807, 2.05) is 56.3 Å². The van der Waals surface area contributed by atoms with E-state index in [0.717, 1.165) is 22.2 Å². The fraction of sp³-hybridized carbons (Fsp3) is 0.120. The molecular weight excluding hydrogens is 438 g/mol. The van der Waals surface area contributed by atoms with Crippen molar-refractivity contribution in [3.05, 3.63) is 105 Å². The monoisotopic (exact) mass is 457 g/mol. The summed E-state index contributed by atoms with van der Waals surface area (Å²) in [5.74, 6) is -0.618. The first kappa shape index (κ1) is 20.9. The number of hydrogen-bond donors (Lipinski definition) is 1. The number of hydrogen-bond acceptors (Lipinski definition) is 4. The van der Waals surface area contributed by atoms with Gasteiger partial charge in [0, 0.05) is 10.7 Å². The van der Waals surface area contributed by atoms with Crippen LogP contribution in [0.2, 0.25) is 5.02 Å². The van der Waals surface area contributed by atoms with E-state index in [9.17, 15) is 9.59 Å². The SMILES string of the molecule is Cc1ccc(Cn2c(=O)c3nc(C(=O)Nc4cccc(Cl)c4)nn3c3ccc(C)cc32)cc1. The Morgan fingerprint density at radius 2 is 1.73 bits per heavy atom. The summed E-state index contributed by atoms with van der Waals surface area (Å²) in [5, 5.41) is 7.58. The number of aryl methyl sites for hydroxylation is 2. The number of anilines is 1. The third-order valence-corrected chi connectivity index (χ3v) is 5.68. The van der Waals surface area contributed by atoms with Gasteiger partial charge in [-0.05, 0) is 55.3 Å². The van der Waals surface area contributed by atoms with Crippen molar-refractivity contribution < 1.29 is 4.79 Å². The number of fused-ring (bicyclic) bond motifs is 3. The average Bonchev–Trinajstić information content (AvgIpc) is 3.24. The van der Waals surface area contributed by atoms with Gasteiger partial charge in [-0.1, -0.05) is 53.6 Å². The van der Waals surface area contributed by atoms with Gasteiger partial charge in [-0.25, -0.2) is 4.52 Å².